The molecule has 14 heteroatoms. The van der Waals surface area contributed by atoms with Gasteiger partial charge in [0.2, 0.25) is 0 Å². The summed E-state index contributed by atoms with van der Waals surface area (Å²) in [5.41, 5.74) is -0.888. The first kappa shape index (κ1) is 31.2. The minimum Gasteiger partial charge on any atom is -0.507 e. The highest BCUT2D eigenvalue weighted by molar-refractivity contribution is 5.88. The number of ether oxygens (including phenoxy) is 3. The van der Waals surface area contributed by atoms with Gasteiger partial charge in [-0.25, -0.2) is 4.79 Å². The zero-order valence-electron chi connectivity index (χ0n) is 23.4. The maximum absolute atomic E-state index is 13.1. The van der Waals surface area contributed by atoms with Crippen molar-refractivity contribution in [2.45, 2.75) is 30.5 Å². The zero-order valence-corrected chi connectivity index (χ0v) is 23.4. The van der Waals surface area contributed by atoms with Gasteiger partial charge in [-0.05, 0) is 42.0 Å². The van der Waals surface area contributed by atoms with Gasteiger partial charge < -0.3 is 59.5 Å². The molecule has 0 radical (unpaired) electrons. The van der Waals surface area contributed by atoms with Gasteiger partial charge in [0, 0.05) is 30.9 Å². The third kappa shape index (κ3) is 6.07. The van der Waals surface area contributed by atoms with Gasteiger partial charge in [-0.3, -0.25) is 4.79 Å². The van der Waals surface area contributed by atoms with Crippen molar-refractivity contribution in [3.63, 3.8) is 0 Å². The number of benzene rings is 3. The molecule has 0 aliphatic carbocycles. The summed E-state index contributed by atoms with van der Waals surface area (Å²) in [5, 5.41) is 81.7. The summed E-state index contributed by atoms with van der Waals surface area (Å²) in [6.07, 6.45) is -5.20. The van der Waals surface area contributed by atoms with Crippen molar-refractivity contribution in [2.75, 3.05) is 13.7 Å². The van der Waals surface area contributed by atoms with Crippen molar-refractivity contribution in [3.8, 4) is 45.8 Å². The molecule has 14 nitrogen and oxygen atoms in total. The predicted molar refractivity (Wildman–Crippen MR) is 155 cm³/mol. The van der Waals surface area contributed by atoms with Crippen LogP contribution in [0.2, 0.25) is 0 Å². The van der Waals surface area contributed by atoms with E-state index in [1.54, 1.807) is 0 Å². The molecule has 8 N–H and O–H groups in total. The Kier molecular flexibility index (Phi) is 8.57. The average Bonchev–Trinajstić information content (AvgIpc) is 2.99. The molecule has 0 bridgehead atoms. The number of aliphatic hydroxyl groups excluding tert-OH is 2. The number of hydrogen-bond acceptors (Lipinski definition) is 14. The summed E-state index contributed by atoms with van der Waals surface area (Å²) in [5.74, 6) is -3.98. The van der Waals surface area contributed by atoms with E-state index >= 15 is 0 Å². The molecule has 1 aliphatic heterocycles. The monoisotopic (exact) mass is 624 g/mol. The lowest BCUT2D eigenvalue weighted by molar-refractivity contribution is -0.240. The van der Waals surface area contributed by atoms with Gasteiger partial charge in [-0.15, -0.1) is 0 Å². The van der Waals surface area contributed by atoms with E-state index in [1.807, 2.05) is 0 Å². The molecule has 1 saturated heterocycles. The molecule has 4 aromatic rings. The molecule has 0 spiro atoms. The molecule has 0 amide bonds. The third-order valence-electron chi connectivity index (χ3n) is 7.31. The Morgan fingerprint density at radius 1 is 0.867 bits per heavy atom. The Labute approximate surface area is 253 Å². The molecule has 5 unspecified atom stereocenters. The Hall–Kier alpha value is -5.28. The number of rotatable bonds is 7. The lowest BCUT2D eigenvalue weighted by Crippen LogP contribution is -2.56. The summed E-state index contributed by atoms with van der Waals surface area (Å²) in [4.78, 5) is 25.5. The fourth-order valence-electron chi connectivity index (χ4n) is 5.03. The Morgan fingerprint density at radius 2 is 1.56 bits per heavy atom. The summed E-state index contributed by atoms with van der Waals surface area (Å²) >= 11 is 0. The maximum Gasteiger partial charge on any atom is 0.330 e. The smallest absolute Gasteiger partial charge is 0.330 e. The van der Waals surface area contributed by atoms with Crippen molar-refractivity contribution in [2.24, 2.45) is 0 Å². The topological polar surface area (TPSA) is 237 Å². The number of phenolic OH excluding ortho intramolecular Hbond substituents is 6. The summed E-state index contributed by atoms with van der Waals surface area (Å²) in [6, 6.07) is 9.60. The number of aromatic hydroxyl groups is 6. The van der Waals surface area contributed by atoms with E-state index in [0.717, 1.165) is 24.3 Å². The molecule has 2 heterocycles. The second-order valence-corrected chi connectivity index (χ2v) is 10.2. The number of methoxy groups -OCH3 is 1. The molecule has 1 aromatic heterocycles. The first-order valence-electron chi connectivity index (χ1n) is 13.4. The van der Waals surface area contributed by atoms with E-state index < -0.39 is 82.8 Å². The van der Waals surface area contributed by atoms with Crippen LogP contribution in [0.4, 0.5) is 0 Å². The van der Waals surface area contributed by atoms with E-state index in [4.69, 9.17) is 18.6 Å². The fourth-order valence-corrected chi connectivity index (χ4v) is 5.03. The van der Waals surface area contributed by atoms with E-state index in [1.165, 1.54) is 43.5 Å². The van der Waals surface area contributed by atoms with Crippen LogP contribution in [0, 0.1) is 0 Å². The highest BCUT2D eigenvalue weighted by Crippen LogP contribution is 2.45. The van der Waals surface area contributed by atoms with Gasteiger partial charge in [-0.2, -0.15) is 0 Å². The van der Waals surface area contributed by atoms with Crippen LogP contribution in [-0.2, 0) is 19.0 Å². The van der Waals surface area contributed by atoms with Gasteiger partial charge in [0.25, 0.3) is 0 Å². The van der Waals surface area contributed by atoms with E-state index in [-0.39, 0.29) is 28.0 Å². The molecular formula is C31H28O14. The number of fused-ring (bicyclic) bond motifs is 1. The third-order valence-corrected chi connectivity index (χ3v) is 7.31. The Balaban J connectivity index is 1.42. The molecule has 1 aliphatic rings. The van der Waals surface area contributed by atoms with Crippen molar-refractivity contribution in [1.29, 1.82) is 0 Å². The van der Waals surface area contributed by atoms with Crippen LogP contribution in [0.5, 0.6) is 34.5 Å². The molecule has 45 heavy (non-hydrogen) atoms. The number of carbonyl (C=O) groups is 1. The maximum atomic E-state index is 13.1. The first-order chi connectivity index (χ1) is 21.4. The van der Waals surface area contributed by atoms with E-state index in [9.17, 15) is 50.4 Å². The number of hydrogen-bond donors (Lipinski definition) is 8. The van der Waals surface area contributed by atoms with Crippen LogP contribution in [0.3, 0.4) is 0 Å². The van der Waals surface area contributed by atoms with Crippen LogP contribution in [0.1, 0.15) is 17.2 Å². The van der Waals surface area contributed by atoms with Gasteiger partial charge in [0.1, 0.15) is 65.4 Å². The Bertz CT molecular complexity index is 1840. The quantitative estimate of drug-likeness (QED) is 0.0835. The lowest BCUT2D eigenvalue weighted by Gasteiger charge is -2.42. The highest BCUT2D eigenvalue weighted by Gasteiger charge is 2.47. The van der Waals surface area contributed by atoms with Crippen LogP contribution < -0.4 is 5.43 Å². The average molecular weight is 625 g/mol. The second kappa shape index (κ2) is 12.4. The van der Waals surface area contributed by atoms with Crippen LogP contribution in [-0.4, -0.2) is 85.0 Å². The van der Waals surface area contributed by atoms with Crippen molar-refractivity contribution < 1.29 is 64.3 Å². The molecular weight excluding hydrogens is 596 g/mol. The molecule has 236 valence electrons. The molecule has 5 rings (SSSR count). The standard InChI is InChI=1S/C31H28O14/c1-42-30-23(12-43-24(38)7-3-13-2-5-15(32)17(34)8-13)45-31(29(41)28(30)40)26-20(37)11-22-25(27(26)39)19(36)10-21(44-22)14-4-6-16(33)18(35)9-14/h2-11,23,28-35,37,39-41H,12H2,1H3. The summed E-state index contributed by atoms with van der Waals surface area (Å²) < 4.78 is 22.0. The highest BCUT2D eigenvalue weighted by atomic mass is 16.6. The zero-order chi connectivity index (χ0) is 32.6. The Morgan fingerprint density at radius 3 is 2.22 bits per heavy atom. The van der Waals surface area contributed by atoms with Crippen molar-refractivity contribution >= 4 is 23.0 Å². The minimum absolute atomic E-state index is 0.0557. The summed E-state index contributed by atoms with van der Waals surface area (Å²) in [7, 11) is 1.22. The van der Waals surface area contributed by atoms with Crippen LogP contribution in [0.25, 0.3) is 28.4 Å². The lowest BCUT2D eigenvalue weighted by atomic mass is 9.89. The van der Waals surface area contributed by atoms with Crippen LogP contribution >= 0.6 is 0 Å². The van der Waals surface area contributed by atoms with E-state index in [2.05, 4.69) is 0 Å². The van der Waals surface area contributed by atoms with Crippen molar-refractivity contribution in [3.05, 3.63) is 76.0 Å². The second-order valence-electron chi connectivity index (χ2n) is 10.2. The number of phenols is 6. The number of aliphatic hydroxyl groups is 2. The molecule has 1 fully saturated rings. The van der Waals surface area contributed by atoms with Crippen LogP contribution in [0.15, 0.2) is 63.8 Å². The first-order valence-corrected chi connectivity index (χ1v) is 13.4. The van der Waals surface area contributed by atoms with Gasteiger partial charge in [-0.1, -0.05) is 6.07 Å². The predicted octanol–water partition coefficient (Wildman–Crippen LogP) is 2.13. The largest absolute Gasteiger partial charge is 0.507 e. The molecule has 3 aromatic carbocycles. The minimum atomic E-state index is -1.79. The number of carbonyl (C=O) groups excluding carboxylic acids is 1. The normalized spacial score (nSPS) is 21.7. The van der Waals surface area contributed by atoms with Gasteiger partial charge in [0.05, 0.1) is 5.56 Å². The van der Waals surface area contributed by atoms with Gasteiger partial charge in [0.15, 0.2) is 28.4 Å². The fraction of sp³-hybridized carbons (Fsp3) is 0.226. The van der Waals surface area contributed by atoms with Crippen molar-refractivity contribution in [1.82, 2.24) is 0 Å². The molecule has 5 atom stereocenters. The number of esters is 1. The SMILES string of the molecule is COC1C(COC(=O)C=Cc2ccc(O)c(O)c2)OC(c2c(O)cc3oc(-c4ccc(O)c(O)c4)cc(=O)c3c2O)C(O)C1O. The molecule has 0 saturated carbocycles. The van der Waals surface area contributed by atoms with Gasteiger partial charge >= 0.3 is 5.97 Å². The van der Waals surface area contributed by atoms with E-state index in [0.29, 0.717) is 5.56 Å². The summed E-state index contributed by atoms with van der Waals surface area (Å²) in [6.45, 7) is -0.511.